The molecular weight excluding hydrogens is 230 g/mol. The first-order valence-corrected chi connectivity index (χ1v) is 5.67. The zero-order valence-electron chi connectivity index (χ0n) is 10.1. The number of carbonyl (C=O) groups excluding carboxylic acids is 1. The molecule has 0 radical (unpaired) electrons. The van der Waals surface area contributed by atoms with Crippen molar-refractivity contribution in [3.63, 3.8) is 0 Å². The second kappa shape index (κ2) is 5.42. The molecule has 18 heavy (non-hydrogen) atoms. The van der Waals surface area contributed by atoms with Crippen LogP contribution in [0.4, 0.5) is 5.69 Å². The Morgan fingerprint density at radius 1 is 1.50 bits per heavy atom. The number of rotatable bonds is 4. The van der Waals surface area contributed by atoms with Crippen LogP contribution >= 0.6 is 0 Å². The molecule has 2 rings (SSSR count). The number of carbonyl (C=O) groups is 1. The number of pyridine rings is 1. The van der Waals surface area contributed by atoms with Gasteiger partial charge in [0.1, 0.15) is 0 Å². The van der Waals surface area contributed by atoms with Crippen molar-refractivity contribution >= 4 is 11.6 Å². The highest BCUT2D eigenvalue weighted by Crippen LogP contribution is 2.16. The second-order valence-electron chi connectivity index (χ2n) is 4.05. The summed E-state index contributed by atoms with van der Waals surface area (Å²) in [5.74, 6) is 0.451. The van der Waals surface area contributed by atoms with Gasteiger partial charge in [-0.2, -0.15) is 5.10 Å². The molecule has 0 aliphatic carbocycles. The molecule has 2 heterocycles. The third-order valence-electron chi connectivity index (χ3n) is 2.29. The van der Waals surface area contributed by atoms with Gasteiger partial charge in [0.25, 0.3) is 0 Å². The standard InChI is InChI=1S/C12H15N5O/c1-9(13)8-11(18)16-10-4-2-5-14-12(10)17-7-3-6-15-17/h2-7,9H,8,13H2,1H3,(H,16,18). The van der Waals surface area contributed by atoms with Gasteiger partial charge in [0.15, 0.2) is 5.82 Å². The van der Waals surface area contributed by atoms with Crippen LogP contribution in [0.15, 0.2) is 36.8 Å². The maximum atomic E-state index is 11.7. The van der Waals surface area contributed by atoms with E-state index in [1.807, 2.05) is 0 Å². The molecule has 2 aromatic heterocycles. The summed E-state index contributed by atoms with van der Waals surface area (Å²) in [6.07, 6.45) is 5.34. The number of nitrogens with one attached hydrogen (secondary N) is 1. The summed E-state index contributed by atoms with van der Waals surface area (Å²) in [5, 5.41) is 6.88. The van der Waals surface area contributed by atoms with Gasteiger partial charge in [-0.1, -0.05) is 0 Å². The maximum Gasteiger partial charge on any atom is 0.226 e. The van der Waals surface area contributed by atoms with Crippen molar-refractivity contribution in [2.75, 3.05) is 5.32 Å². The molecule has 0 spiro atoms. The summed E-state index contributed by atoms with van der Waals surface area (Å²) in [5.41, 5.74) is 6.20. The third kappa shape index (κ3) is 2.92. The van der Waals surface area contributed by atoms with Crippen molar-refractivity contribution in [1.29, 1.82) is 0 Å². The number of anilines is 1. The lowest BCUT2D eigenvalue weighted by molar-refractivity contribution is -0.116. The summed E-state index contributed by atoms with van der Waals surface area (Å²) in [7, 11) is 0. The number of aromatic nitrogens is 3. The maximum absolute atomic E-state index is 11.7. The van der Waals surface area contributed by atoms with E-state index in [1.54, 1.807) is 48.4 Å². The molecule has 6 heteroatoms. The van der Waals surface area contributed by atoms with Gasteiger partial charge in [0, 0.05) is 31.1 Å². The van der Waals surface area contributed by atoms with Crippen molar-refractivity contribution < 1.29 is 4.79 Å². The lowest BCUT2D eigenvalue weighted by Gasteiger charge is -2.10. The van der Waals surface area contributed by atoms with Crippen molar-refractivity contribution in [1.82, 2.24) is 14.8 Å². The second-order valence-corrected chi connectivity index (χ2v) is 4.05. The van der Waals surface area contributed by atoms with Crippen LogP contribution in [0.25, 0.3) is 5.82 Å². The van der Waals surface area contributed by atoms with Crippen LogP contribution in [0, 0.1) is 0 Å². The monoisotopic (exact) mass is 245 g/mol. The normalized spacial score (nSPS) is 12.1. The lowest BCUT2D eigenvalue weighted by Crippen LogP contribution is -2.24. The molecule has 0 fully saturated rings. The molecule has 94 valence electrons. The van der Waals surface area contributed by atoms with Gasteiger partial charge < -0.3 is 11.1 Å². The zero-order valence-corrected chi connectivity index (χ0v) is 10.1. The quantitative estimate of drug-likeness (QED) is 0.839. The van der Waals surface area contributed by atoms with E-state index in [9.17, 15) is 4.79 Å². The van der Waals surface area contributed by atoms with Crippen LogP contribution in [0.2, 0.25) is 0 Å². The van der Waals surface area contributed by atoms with E-state index in [0.29, 0.717) is 11.5 Å². The average molecular weight is 245 g/mol. The topological polar surface area (TPSA) is 85.8 Å². The summed E-state index contributed by atoms with van der Waals surface area (Å²) < 4.78 is 1.60. The van der Waals surface area contributed by atoms with Gasteiger partial charge in [0.05, 0.1) is 5.69 Å². The van der Waals surface area contributed by atoms with Crippen LogP contribution in [0.3, 0.4) is 0 Å². The Bertz CT molecular complexity index is 521. The molecule has 6 nitrogen and oxygen atoms in total. The van der Waals surface area contributed by atoms with Crippen molar-refractivity contribution in [2.45, 2.75) is 19.4 Å². The Balaban J connectivity index is 2.21. The van der Waals surface area contributed by atoms with E-state index in [0.717, 1.165) is 0 Å². The lowest BCUT2D eigenvalue weighted by atomic mass is 10.2. The van der Waals surface area contributed by atoms with Crippen molar-refractivity contribution in [3.05, 3.63) is 36.8 Å². The molecular formula is C12H15N5O. The van der Waals surface area contributed by atoms with E-state index in [4.69, 9.17) is 5.73 Å². The Labute approximate surface area is 105 Å². The highest BCUT2D eigenvalue weighted by atomic mass is 16.1. The fourth-order valence-corrected chi connectivity index (χ4v) is 1.56. The first kappa shape index (κ1) is 12.3. The van der Waals surface area contributed by atoms with Gasteiger partial charge in [-0.05, 0) is 25.1 Å². The van der Waals surface area contributed by atoms with Gasteiger partial charge in [-0.15, -0.1) is 0 Å². The number of hydrogen-bond donors (Lipinski definition) is 2. The summed E-state index contributed by atoms with van der Waals surface area (Å²) in [6.45, 7) is 1.79. The average Bonchev–Trinajstić information content (AvgIpc) is 2.81. The minimum atomic E-state index is -0.171. The number of nitrogens with two attached hydrogens (primary N) is 1. The van der Waals surface area contributed by atoms with Crippen LogP contribution in [0.5, 0.6) is 0 Å². The molecule has 1 unspecified atom stereocenters. The summed E-state index contributed by atoms with van der Waals surface area (Å²) >= 11 is 0. The first-order chi connectivity index (χ1) is 8.66. The van der Waals surface area contributed by atoms with Gasteiger partial charge >= 0.3 is 0 Å². The van der Waals surface area contributed by atoms with E-state index in [2.05, 4.69) is 15.4 Å². The first-order valence-electron chi connectivity index (χ1n) is 5.67. The Hall–Kier alpha value is -2.21. The summed E-state index contributed by atoms with van der Waals surface area (Å²) in [4.78, 5) is 15.9. The molecule has 3 N–H and O–H groups in total. The minimum absolute atomic E-state index is 0.133. The van der Waals surface area contributed by atoms with E-state index in [1.165, 1.54) is 0 Å². The van der Waals surface area contributed by atoms with Crippen LogP contribution < -0.4 is 11.1 Å². The fraction of sp³-hybridized carbons (Fsp3) is 0.250. The Morgan fingerprint density at radius 2 is 2.33 bits per heavy atom. The molecule has 0 bridgehead atoms. The SMILES string of the molecule is CC(N)CC(=O)Nc1cccnc1-n1cccn1. The smallest absolute Gasteiger partial charge is 0.226 e. The zero-order chi connectivity index (χ0) is 13.0. The van der Waals surface area contributed by atoms with Gasteiger partial charge in [-0.25, -0.2) is 9.67 Å². The van der Waals surface area contributed by atoms with Gasteiger partial charge in [-0.3, -0.25) is 4.79 Å². The Morgan fingerprint density at radius 3 is 3.00 bits per heavy atom. The van der Waals surface area contributed by atoms with E-state index in [-0.39, 0.29) is 18.4 Å². The minimum Gasteiger partial charge on any atom is -0.327 e. The number of nitrogens with zero attached hydrogens (tertiary/aromatic N) is 3. The van der Waals surface area contributed by atoms with Crippen LogP contribution in [-0.4, -0.2) is 26.7 Å². The molecule has 0 saturated heterocycles. The molecule has 1 amide bonds. The highest BCUT2D eigenvalue weighted by molar-refractivity contribution is 5.92. The predicted molar refractivity (Wildman–Crippen MR) is 68.3 cm³/mol. The van der Waals surface area contributed by atoms with Crippen molar-refractivity contribution in [3.8, 4) is 5.82 Å². The van der Waals surface area contributed by atoms with Crippen molar-refractivity contribution in [2.24, 2.45) is 5.73 Å². The van der Waals surface area contributed by atoms with Gasteiger partial charge in [0.2, 0.25) is 5.91 Å². The largest absolute Gasteiger partial charge is 0.327 e. The molecule has 0 aliphatic heterocycles. The molecule has 2 aromatic rings. The highest BCUT2D eigenvalue weighted by Gasteiger charge is 2.10. The molecule has 0 aromatic carbocycles. The summed E-state index contributed by atoms with van der Waals surface area (Å²) in [6, 6.07) is 5.16. The van der Waals surface area contributed by atoms with Crippen LogP contribution in [0.1, 0.15) is 13.3 Å². The Kier molecular flexibility index (Phi) is 3.69. The van der Waals surface area contributed by atoms with E-state index >= 15 is 0 Å². The number of hydrogen-bond acceptors (Lipinski definition) is 4. The molecule has 1 atom stereocenters. The van der Waals surface area contributed by atoms with Crippen LogP contribution in [-0.2, 0) is 4.79 Å². The third-order valence-corrected chi connectivity index (χ3v) is 2.29. The molecule has 0 aliphatic rings. The number of amides is 1. The van der Waals surface area contributed by atoms with E-state index < -0.39 is 0 Å². The fourth-order valence-electron chi connectivity index (χ4n) is 1.56. The predicted octanol–water partition coefficient (Wildman–Crippen LogP) is 0.943. The molecule has 0 saturated carbocycles.